The van der Waals surface area contributed by atoms with Gasteiger partial charge in [-0.05, 0) is 25.7 Å². The fourth-order valence-corrected chi connectivity index (χ4v) is 1.91. The van der Waals surface area contributed by atoms with Crippen LogP contribution in [0.15, 0.2) is 0 Å². The molecule has 0 aromatic rings. The molecule has 0 heterocycles. The SMILES string of the molecule is CCCCC(CC)C(=O)O.CCCCC(CC)C(=O)O.[Mn]. The van der Waals surface area contributed by atoms with E-state index in [2.05, 4.69) is 13.8 Å². The zero-order chi connectivity index (χ0) is 16.0. The van der Waals surface area contributed by atoms with Crippen LogP contribution in [0.1, 0.15) is 79.1 Å². The molecule has 0 aromatic carbocycles. The molecule has 0 spiro atoms. The maximum atomic E-state index is 10.4. The van der Waals surface area contributed by atoms with Crippen molar-refractivity contribution >= 4 is 11.9 Å². The second-order valence-corrected chi connectivity index (χ2v) is 5.17. The molecule has 0 aliphatic heterocycles. The van der Waals surface area contributed by atoms with Gasteiger partial charge in [0.1, 0.15) is 0 Å². The molecule has 4 nitrogen and oxygen atoms in total. The first-order valence-electron chi connectivity index (χ1n) is 7.89. The van der Waals surface area contributed by atoms with Crippen LogP contribution in [-0.2, 0) is 26.7 Å². The van der Waals surface area contributed by atoms with Gasteiger partial charge in [0, 0.05) is 17.1 Å². The average Bonchev–Trinajstić information content (AvgIpc) is 2.40. The number of carbonyl (C=O) groups is 2. The zero-order valence-electron chi connectivity index (χ0n) is 13.9. The van der Waals surface area contributed by atoms with Crippen LogP contribution in [0.25, 0.3) is 0 Å². The van der Waals surface area contributed by atoms with Crippen molar-refractivity contribution in [2.75, 3.05) is 0 Å². The van der Waals surface area contributed by atoms with Crippen molar-refractivity contribution in [3.8, 4) is 0 Å². The molecule has 0 fully saturated rings. The molecule has 2 atom stereocenters. The maximum absolute atomic E-state index is 10.4. The largest absolute Gasteiger partial charge is 0.481 e. The molecule has 0 amide bonds. The van der Waals surface area contributed by atoms with E-state index in [1.54, 1.807) is 0 Å². The number of aliphatic carboxylic acids is 2. The Labute approximate surface area is 140 Å². The third kappa shape index (κ3) is 15.7. The molecule has 2 unspecified atom stereocenters. The number of rotatable bonds is 10. The van der Waals surface area contributed by atoms with E-state index in [1.807, 2.05) is 13.8 Å². The van der Waals surface area contributed by atoms with Crippen molar-refractivity contribution in [3.05, 3.63) is 0 Å². The Kier molecular flexibility index (Phi) is 21.2. The first kappa shape index (κ1) is 25.4. The minimum absolute atomic E-state index is 0. The molecular formula is C16H32MnO4. The van der Waals surface area contributed by atoms with Crippen LogP contribution >= 0.6 is 0 Å². The normalized spacial score (nSPS) is 12.4. The Hall–Kier alpha value is -0.541. The Morgan fingerprint density at radius 1 is 0.762 bits per heavy atom. The van der Waals surface area contributed by atoms with E-state index < -0.39 is 11.9 Å². The van der Waals surface area contributed by atoms with Crippen LogP contribution in [-0.4, -0.2) is 22.2 Å². The average molecular weight is 343 g/mol. The molecule has 0 saturated heterocycles. The van der Waals surface area contributed by atoms with Crippen LogP contribution in [0.4, 0.5) is 0 Å². The summed E-state index contributed by atoms with van der Waals surface area (Å²) in [4.78, 5) is 20.9. The summed E-state index contributed by atoms with van der Waals surface area (Å²) in [5, 5.41) is 17.2. The second kappa shape index (κ2) is 17.5. The van der Waals surface area contributed by atoms with Gasteiger partial charge in [0.15, 0.2) is 0 Å². The number of carboxylic acid groups (broad SMARTS) is 2. The van der Waals surface area contributed by atoms with E-state index in [-0.39, 0.29) is 28.9 Å². The summed E-state index contributed by atoms with van der Waals surface area (Å²) in [5.74, 6) is -1.51. The van der Waals surface area contributed by atoms with Gasteiger partial charge in [0.05, 0.1) is 11.8 Å². The quantitative estimate of drug-likeness (QED) is 0.570. The van der Waals surface area contributed by atoms with E-state index in [0.29, 0.717) is 0 Å². The number of hydrogen-bond acceptors (Lipinski definition) is 2. The molecule has 0 aliphatic carbocycles. The van der Waals surface area contributed by atoms with Gasteiger partial charge in [-0.1, -0.05) is 53.4 Å². The van der Waals surface area contributed by atoms with Gasteiger partial charge in [-0.2, -0.15) is 0 Å². The first-order valence-corrected chi connectivity index (χ1v) is 7.89. The van der Waals surface area contributed by atoms with Gasteiger partial charge in [-0.25, -0.2) is 0 Å². The Morgan fingerprint density at radius 2 is 1.05 bits per heavy atom. The minimum Gasteiger partial charge on any atom is -0.481 e. The first-order chi connectivity index (χ1) is 9.44. The standard InChI is InChI=1S/2C8H16O2.Mn/c2*1-3-5-6-7(4-2)8(9)10;/h2*7H,3-6H2,1-2H3,(H,9,10);. The van der Waals surface area contributed by atoms with Crippen molar-refractivity contribution in [1.82, 2.24) is 0 Å². The third-order valence-corrected chi connectivity index (χ3v) is 3.50. The van der Waals surface area contributed by atoms with Gasteiger partial charge in [0.25, 0.3) is 0 Å². The molecule has 21 heavy (non-hydrogen) atoms. The topological polar surface area (TPSA) is 74.6 Å². The van der Waals surface area contributed by atoms with Gasteiger partial charge in [-0.15, -0.1) is 0 Å². The summed E-state index contributed by atoms with van der Waals surface area (Å²) >= 11 is 0. The van der Waals surface area contributed by atoms with Crippen LogP contribution in [0.2, 0.25) is 0 Å². The van der Waals surface area contributed by atoms with Crippen molar-refractivity contribution in [1.29, 1.82) is 0 Å². The second-order valence-electron chi connectivity index (χ2n) is 5.17. The predicted molar refractivity (Wildman–Crippen MR) is 81.9 cm³/mol. The summed E-state index contributed by atoms with van der Waals surface area (Å²) in [7, 11) is 0. The van der Waals surface area contributed by atoms with E-state index in [0.717, 1.165) is 51.4 Å². The van der Waals surface area contributed by atoms with Gasteiger partial charge in [-0.3, -0.25) is 9.59 Å². The maximum Gasteiger partial charge on any atom is 0.306 e. The van der Waals surface area contributed by atoms with Crippen molar-refractivity contribution in [2.24, 2.45) is 11.8 Å². The molecular weight excluding hydrogens is 311 g/mol. The zero-order valence-corrected chi connectivity index (χ0v) is 15.1. The summed E-state index contributed by atoms with van der Waals surface area (Å²) in [6.45, 7) is 8.01. The van der Waals surface area contributed by atoms with Crippen LogP contribution in [0.3, 0.4) is 0 Å². The van der Waals surface area contributed by atoms with Gasteiger partial charge in [0.2, 0.25) is 0 Å². The summed E-state index contributed by atoms with van der Waals surface area (Å²) in [6.07, 6.45) is 7.43. The molecule has 127 valence electrons. The smallest absolute Gasteiger partial charge is 0.306 e. The number of carboxylic acids is 2. The molecule has 0 bridgehead atoms. The summed E-state index contributed by atoms with van der Waals surface area (Å²) in [6, 6.07) is 0. The van der Waals surface area contributed by atoms with Crippen molar-refractivity contribution < 1.29 is 36.9 Å². The van der Waals surface area contributed by atoms with Crippen LogP contribution in [0.5, 0.6) is 0 Å². The van der Waals surface area contributed by atoms with Crippen LogP contribution < -0.4 is 0 Å². The van der Waals surface area contributed by atoms with Crippen LogP contribution in [0, 0.1) is 11.8 Å². The minimum atomic E-state index is -0.643. The fraction of sp³-hybridized carbons (Fsp3) is 0.875. The third-order valence-electron chi connectivity index (χ3n) is 3.50. The number of hydrogen-bond donors (Lipinski definition) is 2. The van der Waals surface area contributed by atoms with E-state index in [4.69, 9.17) is 10.2 Å². The van der Waals surface area contributed by atoms with Gasteiger partial charge < -0.3 is 10.2 Å². The summed E-state index contributed by atoms with van der Waals surface area (Å²) < 4.78 is 0. The van der Waals surface area contributed by atoms with E-state index >= 15 is 0 Å². The Morgan fingerprint density at radius 3 is 1.19 bits per heavy atom. The van der Waals surface area contributed by atoms with E-state index in [1.165, 1.54) is 0 Å². The fourth-order valence-electron chi connectivity index (χ4n) is 1.91. The molecule has 0 saturated carbocycles. The van der Waals surface area contributed by atoms with Crippen molar-refractivity contribution in [2.45, 2.75) is 79.1 Å². The van der Waals surface area contributed by atoms with E-state index in [9.17, 15) is 9.59 Å². The predicted octanol–water partition coefficient (Wildman–Crippen LogP) is 4.57. The molecule has 2 N–H and O–H groups in total. The monoisotopic (exact) mass is 343 g/mol. The molecule has 5 heteroatoms. The Bertz CT molecular complexity index is 231. The molecule has 1 radical (unpaired) electrons. The Balaban J connectivity index is -0.000000295. The number of unbranched alkanes of at least 4 members (excludes halogenated alkanes) is 2. The molecule has 0 aliphatic rings. The van der Waals surface area contributed by atoms with Gasteiger partial charge >= 0.3 is 11.9 Å². The van der Waals surface area contributed by atoms with Crippen molar-refractivity contribution in [3.63, 3.8) is 0 Å². The molecule has 0 rings (SSSR count). The summed E-state index contributed by atoms with van der Waals surface area (Å²) in [5.41, 5.74) is 0. The molecule has 0 aromatic heterocycles.